The minimum absolute atomic E-state index is 0.0303. The fourth-order valence-corrected chi connectivity index (χ4v) is 2.39. The van der Waals surface area contributed by atoms with E-state index in [1.165, 1.54) is 4.90 Å². The smallest absolute Gasteiger partial charge is 0.270 e. The number of halogens is 1. The van der Waals surface area contributed by atoms with Crippen molar-refractivity contribution in [2.24, 2.45) is 0 Å². The van der Waals surface area contributed by atoms with Gasteiger partial charge in [0.2, 0.25) is 5.91 Å². The van der Waals surface area contributed by atoms with Crippen LogP contribution in [0.5, 0.6) is 0 Å². The maximum absolute atomic E-state index is 11.8. The molecule has 0 saturated carbocycles. The van der Waals surface area contributed by atoms with Gasteiger partial charge in [0.1, 0.15) is 6.54 Å². The van der Waals surface area contributed by atoms with Gasteiger partial charge in [0.15, 0.2) is 0 Å². The molecule has 1 heterocycles. The highest BCUT2D eigenvalue weighted by Crippen LogP contribution is 2.15. The second-order valence-corrected chi connectivity index (χ2v) is 5.26. The Morgan fingerprint density at radius 3 is 2.65 bits per heavy atom. The molecule has 2 N–H and O–H groups in total. The molecule has 3 amide bonds. The van der Waals surface area contributed by atoms with Crippen LogP contribution in [0.2, 0.25) is 0 Å². The molecule has 1 aliphatic rings. The maximum atomic E-state index is 11.8. The molecule has 0 spiro atoms. The summed E-state index contributed by atoms with van der Waals surface area (Å²) in [5.74, 6) is -0.864. The number of hydrogen-bond acceptors (Lipinski definition) is 3. The van der Waals surface area contributed by atoms with Crippen molar-refractivity contribution in [3.8, 4) is 0 Å². The van der Waals surface area contributed by atoms with E-state index in [9.17, 15) is 14.4 Å². The van der Waals surface area contributed by atoms with Gasteiger partial charge in [-0.25, -0.2) is 0 Å². The van der Waals surface area contributed by atoms with Gasteiger partial charge in [0.25, 0.3) is 11.8 Å². The lowest BCUT2D eigenvalue weighted by atomic mass is 10.2. The van der Waals surface area contributed by atoms with E-state index in [-0.39, 0.29) is 12.5 Å². The van der Waals surface area contributed by atoms with E-state index in [1.807, 2.05) is 0 Å². The molecule has 0 unspecified atom stereocenters. The molecule has 0 radical (unpaired) electrons. The van der Waals surface area contributed by atoms with Crippen molar-refractivity contribution < 1.29 is 14.4 Å². The van der Waals surface area contributed by atoms with Crippen LogP contribution in [0.1, 0.15) is 23.2 Å². The number of nitrogens with one attached hydrogen (secondary N) is 2. The number of benzene rings is 1. The highest BCUT2D eigenvalue weighted by molar-refractivity contribution is 9.10. The maximum Gasteiger partial charge on any atom is 0.270 e. The monoisotopic (exact) mass is 339 g/mol. The van der Waals surface area contributed by atoms with Crippen molar-refractivity contribution in [2.75, 3.05) is 13.1 Å². The second-order valence-electron chi connectivity index (χ2n) is 4.40. The largest absolute Gasteiger partial charge is 0.333 e. The first-order valence-corrected chi connectivity index (χ1v) is 6.98. The van der Waals surface area contributed by atoms with Crippen molar-refractivity contribution in [1.82, 2.24) is 15.8 Å². The molecule has 1 aliphatic heterocycles. The zero-order valence-electron chi connectivity index (χ0n) is 10.7. The summed E-state index contributed by atoms with van der Waals surface area (Å²) in [7, 11) is 0. The summed E-state index contributed by atoms with van der Waals surface area (Å²) in [6.45, 7) is 0.555. The van der Waals surface area contributed by atoms with Gasteiger partial charge in [-0.2, -0.15) is 0 Å². The van der Waals surface area contributed by atoms with E-state index >= 15 is 0 Å². The standard InChI is InChI=1S/C13H14BrN3O3/c14-10-5-2-1-4-9(10)13(20)16-15-11(18)8-17-7-3-6-12(17)19/h1-2,4-5H,3,6-8H2,(H,15,18)(H,16,20). The number of nitrogens with zero attached hydrogens (tertiary/aromatic N) is 1. The first kappa shape index (κ1) is 14.5. The van der Waals surface area contributed by atoms with Gasteiger partial charge in [-0.05, 0) is 34.5 Å². The van der Waals surface area contributed by atoms with Crippen LogP contribution in [-0.4, -0.2) is 35.7 Å². The second kappa shape index (κ2) is 6.51. The third kappa shape index (κ3) is 3.57. The zero-order valence-corrected chi connectivity index (χ0v) is 12.3. The van der Waals surface area contributed by atoms with E-state index in [0.717, 1.165) is 6.42 Å². The Kier molecular flexibility index (Phi) is 4.73. The number of rotatable bonds is 3. The molecular formula is C13H14BrN3O3. The van der Waals surface area contributed by atoms with Crippen LogP contribution in [0.4, 0.5) is 0 Å². The summed E-state index contributed by atoms with van der Waals surface area (Å²) in [6.07, 6.45) is 1.26. The molecule has 20 heavy (non-hydrogen) atoms. The molecule has 106 valence electrons. The number of likely N-dealkylation sites (tertiary alicyclic amines) is 1. The summed E-state index contributed by atoms with van der Waals surface area (Å²) >= 11 is 3.26. The van der Waals surface area contributed by atoms with E-state index in [1.54, 1.807) is 24.3 Å². The Morgan fingerprint density at radius 1 is 1.25 bits per heavy atom. The van der Waals surface area contributed by atoms with E-state index in [2.05, 4.69) is 26.8 Å². The topological polar surface area (TPSA) is 78.5 Å². The zero-order chi connectivity index (χ0) is 14.5. The van der Waals surface area contributed by atoms with Crippen LogP contribution in [0, 0.1) is 0 Å². The Morgan fingerprint density at radius 2 is 2.00 bits per heavy atom. The molecule has 7 heteroatoms. The molecule has 0 atom stereocenters. The summed E-state index contributed by atoms with van der Waals surface area (Å²) in [6, 6.07) is 6.89. The van der Waals surface area contributed by atoms with Crippen molar-refractivity contribution in [3.05, 3.63) is 34.3 Å². The summed E-state index contributed by atoms with van der Waals surface area (Å²) in [5.41, 5.74) is 5.05. The van der Waals surface area contributed by atoms with E-state index < -0.39 is 11.8 Å². The summed E-state index contributed by atoms with van der Waals surface area (Å²) < 4.78 is 0.640. The molecule has 0 bridgehead atoms. The molecule has 1 saturated heterocycles. The molecule has 2 rings (SSSR count). The molecule has 1 fully saturated rings. The third-order valence-electron chi connectivity index (χ3n) is 2.94. The Hall–Kier alpha value is -1.89. The van der Waals surface area contributed by atoms with E-state index in [0.29, 0.717) is 23.0 Å². The summed E-state index contributed by atoms with van der Waals surface area (Å²) in [5, 5.41) is 0. The first-order chi connectivity index (χ1) is 9.58. The predicted molar refractivity (Wildman–Crippen MR) is 75.6 cm³/mol. The van der Waals surface area contributed by atoms with Gasteiger partial charge in [0.05, 0.1) is 5.56 Å². The van der Waals surface area contributed by atoms with Crippen LogP contribution in [0.25, 0.3) is 0 Å². The van der Waals surface area contributed by atoms with Gasteiger partial charge < -0.3 is 4.90 Å². The number of hydrazine groups is 1. The Labute approximate surface area is 124 Å². The average molecular weight is 340 g/mol. The molecular weight excluding hydrogens is 326 g/mol. The molecule has 0 aromatic heterocycles. The Balaban J connectivity index is 1.83. The first-order valence-electron chi connectivity index (χ1n) is 6.19. The molecule has 0 aliphatic carbocycles. The quantitative estimate of drug-likeness (QED) is 0.800. The lowest BCUT2D eigenvalue weighted by Gasteiger charge is -2.15. The predicted octanol–water partition coefficient (Wildman–Crippen LogP) is 0.833. The lowest BCUT2D eigenvalue weighted by molar-refractivity contribution is -0.133. The van der Waals surface area contributed by atoms with E-state index in [4.69, 9.17) is 0 Å². The number of hydrogen-bond donors (Lipinski definition) is 2. The summed E-state index contributed by atoms with van der Waals surface area (Å²) in [4.78, 5) is 36.3. The minimum Gasteiger partial charge on any atom is -0.333 e. The van der Waals surface area contributed by atoms with Crippen molar-refractivity contribution in [2.45, 2.75) is 12.8 Å². The van der Waals surface area contributed by atoms with Crippen LogP contribution < -0.4 is 10.9 Å². The third-order valence-corrected chi connectivity index (χ3v) is 3.63. The lowest BCUT2D eigenvalue weighted by Crippen LogP contribution is -2.46. The van der Waals surface area contributed by atoms with Crippen LogP contribution in [0.15, 0.2) is 28.7 Å². The highest BCUT2D eigenvalue weighted by Gasteiger charge is 2.22. The van der Waals surface area contributed by atoms with Crippen molar-refractivity contribution in [3.63, 3.8) is 0 Å². The SMILES string of the molecule is O=C(CN1CCCC1=O)NNC(=O)c1ccccc1Br. The van der Waals surface area contributed by atoms with Crippen LogP contribution >= 0.6 is 15.9 Å². The number of amides is 3. The van der Waals surface area contributed by atoms with Gasteiger partial charge in [-0.1, -0.05) is 12.1 Å². The van der Waals surface area contributed by atoms with Crippen LogP contribution in [-0.2, 0) is 9.59 Å². The molecule has 6 nitrogen and oxygen atoms in total. The van der Waals surface area contributed by atoms with Crippen molar-refractivity contribution >= 4 is 33.7 Å². The minimum atomic E-state index is -0.418. The Bertz CT molecular complexity index is 547. The fraction of sp³-hybridized carbons (Fsp3) is 0.308. The molecule has 1 aromatic carbocycles. The normalized spacial score (nSPS) is 14.2. The molecule has 1 aromatic rings. The number of carbonyl (C=O) groups excluding carboxylic acids is 3. The van der Waals surface area contributed by atoms with Gasteiger partial charge in [0, 0.05) is 17.4 Å². The van der Waals surface area contributed by atoms with Gasteiger partial charge in [-0.3, -0.25) is 25.2 Å². The van der Waals surface area contributed by atoms with Crippen molar-refractivity contribution in [1.29, 1.82) is 0 Å². The fourth-order valence-electron chi connectivity index (χ4n) is 1.92. The highest BCUT2D eigenvalue weighted by atomic mass is 79.9. The average Bonchev–Trinajstić information content (AvgIpc) is 2.82. The van der Waals surface area contributed by atoms with Gasteiger partial charge in [-0.15, -0.1) is 0 Å². The van der Waals surface area contributed by atoms with Gasteiger partial charge >= 0.3 is 0 Å². The van der Waals surface area contributed by atoms with Crippen LogP contribution in [0.3, 0.4) is 0 Å². The number of carbonyl (C=O) groups is 3.